The predicted octanol–water partition coefficient (Wildman–Crippen LogP) is 3.42. The molecule has 0 spiro atoms. The largest absolute Gasteiger partial charge is 0.491 e. The third kappa shape index (κ3) is 4.86. The maximum atomic E-state index is 6.02. The van der Waals surface area contributed by atoms with Crippen molar-refractivity contribution < 1.29 is 4.74 Å². The lowest BCUT2D eigenvalue weighted by Crippen LogP contribution is -2.38. The number of nitrogens with one attached hydrogen (secondary N) is 1. The molecule has 0 saturated heterocycles. The lowest BCUT2D eigenvalue weighted by atomic mass is 10.1. The second-order valence-corrected chi connectivity index (χ2v) is 5.37. The van der Waals surface area contributed by atoms with Crippen LogP contribution in [0.2, 0.25) is 5.02 Å². The second kappa shape index (κ2) is 5.55. The summed E-state index contributed by atoms with van der Waals surface area (Å²) < 4.78 is 5.62. The minimum absolute atomic E-state index is 0.125. The van der Waals surface area contributed by atoms with Gasteiger partial charge in [0.1, 0.15) is 12.4 Å². The Labute approximate surface area is 103 Å². The molecule has 0 aliphatic rings. The minimum Gasteiger partial charge on any atom is -0.491 e. The molecule has 0 bridgehead atoms. The molecule has 90 valence electrons. The Morgan fingerprint density at radius 1 is 1.31 bits per heavy atom. The lowest BCUT2D eigenvalue weighted by Gasteiger charge is -2.20. The minimum atomic E-state index is 0.125. The summed E-state index contributed by atoms with van der Waals surface area (Å²) in [4.78, 5) is 0. The number of halogens is 1. The van der Waals surface area contributed by atoms with Crippen LogP contribution in [0.5, 0.6) is 5.75 Å². The molecule has 16 heavy (non-hydrogen) atoms. The quantitative estimate of drug-likeness (QED) is 0.816. The van der Waals surface area contributed by atoms with Gasteiger partial charge in [0.25, 0.3) is 0 Å². The maximum Gasteiger partial charge on any atom is 0.138 e. The highest BCUT2D eigenvalue weighted by Gasteiger charge is 2.08. The van der Waals surface area contributed by atoms with Crippen molar-refractivity contribution in [3.63, 3.8) is 0 Å². The molecule has 0 amide bonds. The first kappa shape index (κ1) is 13.3. The molecule has 1 N–H and O–H groups in total. The van der Waals surface area contributed by atoms with Crippen LogP contribution in [-0.4, -0.2) is 18.7 Å². The van der Waals surface area contributed by atoms with Crippen molar-refractivity contribution in [3.8, 4) is 5.75 Å². The number of rotatable bonds is 4. The molecular formula is C13H20ClNO. The van der Waals surface area contributed by atoms with Crippen molar-refractivity contribution in [3.05, 3.63) is 28.8 Å². The first-order valence-electron chi connectivity index (χ1n) is 5.52. The Bertz CT molecular complexity index is 344. The molecular weight excluding hydrogens is 222 g/mol. The lowest BCUT2D eigenvalue weighted by molar-refractivity contribution is 0.291. The molecule has 2 nitrogen and oxygen atoms in total. The van der Waals surface area contributed by atoms with Gasteiger partial charge >= 0.3 is 0 Å². The third-order valence-corrected chi connectivity index (χ3v) is 2.41. The molecule has 0 radical (unpaired) electrons. The molecule has 1 rings (SSSR count). The van der Waals surface area contributed by atoms with Gasteiger partial charge in [0, 0.05) is 12.1 Å². The van der Waals surface area contributed by atoms with Gasteiger partial charge in [-0.3, -0.25) is 0 Å². The molecule has 1 aromatic carbocycles. The first-order chi connectivity index (χ1) is 7.38. The summed E-state index contributed by atoms with van der Waals surface area (Å²) in [7, 11) is 0. The van der Waals surface area contributed by atoms with Crippen LogP contribution in [0.4, 0.5) is 0 Å². The van der Waals surface area contributed by atoms with E-state index in [1.54, 1.807) is 0 Å². The van der Waals surface area contributed by atoms with Gasteiger partial charge in [0.15, 0.2) is 0 Å². The van der Waals surface area contributed by atoms with E-state index < -0.39 is 0 Å². The number of hydrogen-bond donors (Lipinski definition) is 1. The van der Waals surface area contributed by atoms with E-state index in [0.29, 0.717) is 11.6 Å². The van der Waals surface area contributed by atoms with Gasteiger partial charge in [-0.25, -0.2) is 0 Å². The fourth-order valence-corrected chi connectivity index (χ4v) is 1.48. The van der Waals surface area contributed by atoms with Crippen molar-refractivity contribution in [2.75, 3.05) is 13.2 Å². The monoisotopic (exact) mass is 241 g/mol. The van der Waals surface area contributed by atoms with Crippen molar-refractivity contribution in [2.24, 2.45) is 0 Å². The average Bonchev–Trinajstić information content (AvgIpc) is 2.16. The first-order valence-corrected chi connectivity index (χ1v) is 5.90. The van der Waals surface area contributed by atoms with E-state index in [1.165, 1.54) is 0 Å². The fourth-order valence-electron chi connectivity index (χ4n) is 1.31. The van der Waals surface area contributed by atoms with Gasteiger partial charge in [-0.2, -0.15) is 0 Å². The Hall–Kier alpha value is -0.730. The summed E-state index contributed by atoms with van der Waals surface area (Å²) in [6, 6.07) is 5.80. The van der Waals surface area contributed by atoms with Crippen molar-refractivity contribution in [1.82, 2.24) is 5.32 Å². The Morgan fingerprint density at radius 3 is 2.62 bits per heavy atom. The topological polar surface area (TPSA) is 21.3 Å². The van der Waals surface area contributed by atoms with Gasteiger partial charge in [-0.15, -0.1) is 0 Å². The second-order valence-electron chi connectivity index (χ2n) is 4.96. The zero-order chi connectivity index (χ0) is 12.2. The van der Waals surface area contributed by atoms with Crippen LogP contribution in [0.15, 0.2) is 18.2 Å². The molecule has 0 unspecified atom stereocenters. The summed E-state index contributed by atoms with van der Waals surface area (Å²) in [5, 5.41) is 4.03. The molecule has 1 aromatic rings. The molecule has 0 heterocycles. The SMILES string of the molecule is Cc1ccc(Cl)c(OCCNC(C)(C)C)c1. The van der Waals surface area contributed by atoms with Crippen LogP contribution in [0.1, 0.15) is 26.3 Å². The van der Waals surface area contributed by atoms with Gasteiger partial charge in [0.05, 0.1) is 5.02 Å². The maximum absolute atomic E-state index is 6.02. The molecule has 0 aromatic heterocycles. The normalized spacial score (nSPS) is 11.6. The highest BCUT2D eigenvalue weighted by atomic mass is 35.5. The van der Waals surface area contributed by atoms with E-state index >= 15 is 0 Å². The predicted molar refractivity (Wildman–Crippen MR) is 69.4 cm³/mol. The van der Waals surface area contributed by atoms with Gasteiger partial charge in [0.2, 0.25) is 0 Å². The summed E-state index contributed by atoms with van der Waals surface area (Å²) >= 11 is 6.02. The smallest absolute Gasteiger partial charge is 0.138 e. The van der Waals surface area contributed by atoms with Gasteiger partial charge < -0.3 is 10.1 Å². The highest BCUT2D eigenvalue weighted by molar-refractivity contribution is 6.32. The van der Waals surface area contributed by atoms with Crippen LogP contribution in [-0.2, 0) is 0 Å². The van der Waals surface area contributed by atoms with E-state index in [2.05, 4.69) is 26.1 Å². The Kier molecular flexibility index (Phi) is 4.63. The summed E-state index contributed by atoms with van der Waals surface area (Å²) in [6.07, 6.45) is 0. The summed E-state index contributed by atoms with van der Waals surface area (Å²) in [5.74, 6) is 0.761. The van der Waals surface area contributed by atoms with Crippen molar-refractivity contribution in [2.45, 2.75) is 33.2 Å². The highest BCUT2D eigenvalue weighted by Crippen LogP contribution is 2.24. The standard InChI is InChI=1S/C13H20ClNO/c1-10-5-6-11(14)12(9-10)16-8-7-15-13(2,3)4/h5-6,9,15H,7-8H2,1-4H3. The number of ether oxygens (including phenoxy) is 1. The van der Waals surface area contributed by atoms with E-state index in [4.69, 9.17) is 16.3 Å². The zero-order valence-electron chi connectivity index (χ0n) is 10.4. The summed E-state index contributed by atoms with van der Waals surface area (Å²) in [5.41, 5.74) is 1.28. The average molecular weight is 242 g/mol. The molecule has 0 fully saturated rings. The fraction of sp³-hybridized carbons (Fsp3) is 0.538. The van der Waals surface area contributed by atoms with Crippen LogP contribution in [0.3, 0.4) is 0 Å². The van der Waals surface area contributed by atoms with Crippen LogP contribution < -0.4 is 10.1 Å². The Balaban J connectivity index is 2.40. The van der Waals surface area contributed by atoms with Gasteiger partial charge in [-0.1, -0.05) is 17.7 Å². The number of aryl methyl sites for hydroxylation is 1. The van der Waals surface area contributed by atoms with Crippen LogP contribution in [0, 0.1) is 6.92 Å². The molecule has 0 aliphatic carbocycles. The van der Waals surface area contributed by atoms with Crippen molar-refractivity contribution >= 4 is 11.6 Å². The van der Waals surface area contributed by atoms with Crippen molar-refractivity contribution in [1.29, 1.82) is 0 Å². The Morgan fingerprint density at radius 2 is 2.00 bits per heavy atom. The third-order valence-electron chi connectivity index (χ3n) is 2.10. The van der Waals surface area contributed by atoms with E-state index in [1.807, 2.05) is 25.1 Å². The number of hydrogen-bond acceptors (Lipinski definition) is 2. The van der Waals surface area contributed by atoms with Crippen LogP contribution in [0.25, 0.3) is 0 Å². The van der Waals surface area contributed by atoms with E-state index in [-0.39, 0.29) is 5.54 Å². The molecule has 0 saturated carbocycles. The van der Waals surface area contributed by atoms with E-state index in [9.17, 15) is 0 Å². The molecule has 0 aliphatic heterocycles. The van der Waals surface area contributed by atoms with E-state index in [0.717, 1.165) is 17.9 Å². The molecule has 3 heteroatoms. The summed E-state index contributed by atoms with van der Waals surface area (Å²) in [6.45, 7) is 9.86. The van der Waals surface area contributed by atoms with Crippen LogP contribution >= 0.6 is 11.6 Å². The van der Waals surface area contributed by atoms with Gasteiger partial charge in [-0.05, 0) is 45.4 Å². The zero-order valence-corrected chi connectivity index (χ0v) is 11.2. The molecule has 0 atom stereocenters. The number of benzene rings is 1.